The number of rotatable bonds is 5. The zero-order valence-electron chi connectivity index (χ0n) is 12.9. The van der Waals surface area contributed by atoms with Crippen LogP contribution >= 0.6 is 11.3 Å². The molecule has 0 aromatic carbocycles. The van der Waals surface area contributed by atoms with Crippen molar-refractivity contribution < 1.29 is 14.4 Å². The molecule has 3 amide bonds. The molecule has 1 fully saturated rings. The summed E-state index contributed by atoms with van der Waals surface area (Å²) in [5.74, 6) is -0.275. The number of hydrogen-bond donors (Lipinski definition) is 1. The first-order valence-corrected chi connectivity index (χ1v) is 8.21. The fourth-order valence-corrected chi connectivity index (χ4v) is 3.18. The molecule has 1 atom stereocenters. The molecule has 1 N–H and O–H groups in total. The van der Waals surface area contributed by atoms with Crippen LogP contribution in [0.2, 0.25) is 0 Å². The number of thiophene rings is 1. The highest BCUT2D eigenvalue weighted by Gasteiger charge is 2.34. The molecular weight excluding hydrogens is 302 g/mol. The van der Waals surface area contributed by atoms with Gasteiger partial charge in [0, 0.05) is 33.6 Å². The Morgan fingerprint density at radius 3 is 2.82 bits per heavy atom. The van der Waals surface area contributed by atoms with Crippen LogP contribution in [0.1, 0.15) is 28.9 Å². The highest BCUT2D eigenvalue weighted by atomic mass is 32.1. The Kier molecular flexibility index (Phi) is 5.54. The van der Waals surface area contributed by atoms with E-state index < -0.39 is 0 Å². The lowest BCUT2D eigenvalue weighted by Crippen LogP contribution is -2.46. The van der Waals surface area contributed by atoms with Gasteiger partial charge in [0.15, 0.2) is 0 Å². The van der Waals surface area contributed by atoms with Gasteiger partial charge < -0.3 is 15.1 Å². The molecule has 2 rings (SSSR count). The Hall–Kier alpha value is -1.89. The van der Waals surface area contributed by atoms with Crippen molar-refractivity contribution in [2.24, 2.45) is 0 Å². The second kappa shape index (κ2) is 7.40. The quantitative estimate of drug-likeness (QED) is 0.877. The lowest BCUT2D eigenvalue weighted by Gasteiger charge is -2.26. The fraction of sp³-hybridized carbons (Fsp3) is 0.533. The minimum absolute atomic E-state index is 0.0338. The third-order valence-corrected chi connectivity index (χ3v) is 4.54. The van der Waals surface area contributed by atoms with Crippen molar-refractivity contribution in [2.45, 2.75) is 25.3 Å². The van der Waals surface area contributed by atoms with Gasteiger partial charge in [-0.3, -0.25) is 14.4 Å². The molecule has 120 valence electrons. The molecule has 2 heterocycles. The Bertz CT molecular complexity index is 542. The maximum atomic E-state index is 12.3. The Morgan fingerprint density at radius 1 is 1.41 bits per heavy atom. The van der Waals surface area contributed by atoms with E-state index in [0.29, 0.717) is 17.8 Å². The van der Waals surface area contributed by atoms with E-state index in [-0.39, 0.29) is 36.7 Å². The van der Waals surface area contributed by atoms with Gasteiger partial charge in [-0.2, -0.15) is 0 Å². The standard InChI is InChI=1S/C15H21N3O3S/c1-17(2)15(21)11-5-3-9-18(11)13(19)7-8-16-14(20)12-6-4-10-22-12/h4,6,10-11H,3,5,7-9H2,1-2H3,(H,16,20). The van der Waals surface area contributed by atoms with Gasteiger partial charge in [0.25, 0.3) is 5.91 Å². The zero-order chi connectivity index (χ0) is 16.1. The summed E-state index contributed by atoms with van der Waals surface area (Å²) >= 11 is 1.37. The molecule has 6 nitrogen and oxygen atoms in total. The average molecular weight is 323 g/mol. The molecule has 0 spiro atoms. The Morgan fingerprint density at radius 2 is 2.18 bits per heavy atom. The predicted octanol–water partition coefficient (Wildman–Crippen LogP) is 0.947. The molecule has 7 heteroatoms. The van der Waals surface area contributed by atoms with E-state index in [0.717, 1.165) is 6.42 Å². The van der Waals surface area contributed by atoms with Crippen LogP contribution in [0.4, 0.5) is 0 Å². The number of hydrogen-bond acceptors (Lipinski definition) is 4. The first-order chi connectivity index (χ1) is 10.5. The van der Waals surface area contributed by atoms with E-state index in [4.69, 9.17) is 0 Å². The van der Waals surface area contributed by atoms with E-state index in [1.54, 1.807) is 25.1 Å². The molecule has 22 heavy (non-hydrogen) atoms. The van der Waals surface area contributed by atoms with Crippen molar-refractivity contribution in [1.29, 1.82) is 0 Å². The molecule has 1 saturated heterocycles. The number of carbonyl (C=O) groups is 3. The normalized spacial score (nSPS) is 17.4. The van der Waals surface area contributed by atoms with Crippen molar-refractivity contribution >= 4 is 29.1 Å². The molecule has 1 aliphatic rings. The van der Waals surface area contributed by atoms with Crippen LogP contribution in [0.25, 0.3) is 0 Å². The van der Waals surface area contributed by atoms with Gasteiger partial charge in [0.2, 0.25) is 11.8 Å². The topological polar surface area (TPSA) is 69.7 Å². The maximum absolute atomic E-state index is 12.3. The van der Waals surface area contributed by atoms with Crippen LogP contribution in [-0.4, -0.2) is 60.7 Å². The summed E-state index contributed by atoms with van der Waals surface area (Å²) in [4.78, 5) is 39.9. The van der Waals surface area contributed by atoms with Crippen molar-refractivity contribution in [2.75, 3.05) is 27.2 Å². The van der Waals surface area contributed by atoms with Crippen LogP contribution < -0.4 is 5.32 Å². The van der Waals surface area contributed by atoms with Gasteiger partial charge in [-0.05, 0) is 24.3 Å². The Labute approximate surface area is 134 Å². The van der Waals surface area contributed by atoms with Crippen molar-refractivity contribution in [1.82, 2.24) is 15.1 Å². The molecule has 0 radical (unpaired) electrons. The third kappa shape index (κ3) is 3.85. The largest absolute Gasteiger partial charge is 0.351 e. The highest BCUT2D eigenvalue weighted by Crippen LogP contribution is 2.19. The number of likely N-dealkylation sites (N-methyl/N-ethyl adjacent to an activating group) is 1. The first kappa shape index (κ1) is 16.5. The van der Waals surface area contributed by atoms with Gasteiger partial charge in [0.1, 0.15) is 6.04 Å². The smallest absolute Gasteiger partial charge is 0.261 e. The second-order valence-corrected chi connectivity index (χ2v) is 6.41. The van der Waals surface area contributed by atoms with Crippen LogP contribution in [0.3, 0.4) is 0 Å². The number of carbonyl (C=O) groups excluding carboxylic acids is 3. The molecule has 1 aromatic heterocycles. The summed E-state index contributed by atoms with van der Waals surface area (Å²) in [6, 6.07) is 3.20. The van der Waals surface area contributed by atoms with Crippen LogP contribution in [-0.2, 0) is 9.59 Å². The summed E-state index contributed by atoms with van der Waals surface area (Å²) in [6.45, 7) is 0.900. The van der Waals surface area contributed by atoms with E-state index >= 15 is 0 Å². The summed E-state index contributed by atoms with van der Waals surface area (Å²) in [6.07, 6.45) is 1.77. The molecule has 1 aromatic rings. The first-order valence-electron chi connectivity index (χ1n) is 7.33. The van der Waals surface area contributed by atoms with Gasteiger partial charge in [-0.25, -0.2) is 0 Å². The minimum Gasteiger partial charge on any atom is -0.351 e. The predicted molar refractivity (Wildman–Crippen MR) is 84.7 cm³/mol. The number of nitrogens with zero attached hydrogens (tertiary/aromatic N) is 2. The summed E-state index contributed by atoms with van der Waals surface area (Å²) < 4.78 is 0. The molecule has 0 bridgehead atoms. The SMILES string of the molecule is CN(C)C(=O)C1CCCN1C(=O)CCNC(=O)c1cccs1. The lowest BCUT2D eigenvalue weighted by atomic mass is 10.2. The third-order valence-electron chi connectivity index (χ3n) is 3.67. The van der Waals surface area contributed by atoms with Gasteiger partial charge in [-0.1, -0.05) is 6.07 Å². The van der Waals surface area contributed by atoms with E-state index in [1.807, 2.05) is 11.4 Å². The van der Waals surface area contributed by atoms with E-state index in [9.17, 15) is 14.4 Å². The van der Waals surface area contributed by atoms with Gasteiger partial charge in [-0.15, -0.1) is 11.3 Å². The van der Waals surface area contributed by atoms with Gasteiger partial charge in [0.05, 0.1) is 4.88 Å². The number of nitrogens with one attached hydrogen (secondary N) is 1. The van der Waals surface area contributed by atoms with Crippen molar-refractivity contribution in [3.63, 3.8) is 0 Å². The van der Waals surface area contributed by atoms with Crippen LogP contribution in [0, 0.1) is 0 Å². The van der Waals surface area contributed by atoms with E-state index in [1.165, 1.54) is 16.2 Å². The minimum atomic E-state index is -0.351. The molecule has 0 aliphatic carbocycles. The van der Waals surface area contributed by atoms with Crippen LogP contribution in [0.5, 0.6) is 0 Å². The van der Waals surface area contributed by atoms with Crippen molar-refractivity contribution in [3.05, 3.63) is 22.4 Å². The summed E-state index contributed by atoms with van der Waals surface area (Å²) in [5.41, 5.74) is 0. The zero-order valence-corrected chi connectivity index (χ0v) is 13.7. The number of amides is 3. The second-order valence-electron chi connectivity index (χ2n) is 5.46. The van der Waals surface area contributed by atoms with Crippen LogP contribution in [0.15, 0.2) is 17.5 Å². The number of likely N-dealkylation sites (tertiary alicyclic amines) is 1. The summed E-state index contributed by atoms with van der Waals surface area (Å²) in [7, 11) is 3.40. The fourth-order valence-electron chi connectivity index (χ4n) is 2.54. The van der Waals surface area contributed by atoms with Crippen molar-refractivity contribution in [3.8, 4) is 0 Å². The average Bonchev–Trinajstić information content (AvgIpc) is 3.17. The van der Waals surface area contributed by atoms with E-state index in [2.05, 4.69) is 5.32 Å². The Balaban J connectivity index is 1.81. The highest BCUT2D eigenvalue weighted by molar-refractivity contribution is 7.12. The maximum Gasteiger partial charge on any atom is 0.261 e. The monoisotopic (exact) mass is 323 g/mol. The lowest BCUT2D eigenvalue weighted by molar-refractivity contribution is -0.142. The molecular formula is C15H21N3O3S. The molecule has 0 saturated carbocycles. The molecule has 1 aliphatic heterocycles. The van der Waals surface area contributed by atoms with Gasteiger partial charge >= 0.3 is 0 Å². The summed E-state index contributed by atoms with van der Waals surface area (Å²) in [5, 5.41) is 4.57. The molecule has 1 unspecified atom stereocenters.